The third-order valence-electron chi connectivity index (χ3n) is 8.48. The van der Waals surface area contributed by atoms with Gasteiger partial charge in [-0.15, -0.1) is 4.37 Å². The van der Waals surface area contributed by atoms with Crippen molar-refractivity contribution in [3.8, 4) is 17.4 Å². The van der Waals surface area contributed by atoms with Crippen molar-refractivity contribution in [2.45, 2.75) is 70.3 Å². The maximum atomic E-state index is 13.2. The number of anilines is 2. The van der Waals surface area contributed by atoms with Gasteiger partial charge in [0.25, 0.3) is 5.88 Å². The molecule has 1 unspecified atom stereocenters. The van der Waals surface area contributed by atoms with Crippen LogP contribution in [0, 0.1) is 0 Å². The van der Waals surface area contributed by atoms with Crippen molar-refractivity contribution in [3.63, 3.8) is 0 Å². The summed E-state index contributed by atoms with van der Waals surface area (Å²) in [5.41, 5.74) is -0.935. The zero-order valence-electron chi connectivity index (χ0n) is 34.1. The highest BCUT2D eigenvalue weighted by Gasteiger charge is 2.32. The van der Waals surface area contributed by atoms with Crippen LogP contribution < -0.4 is 24.8 Å². The molecule has 2 atom stereocenters. The summed E-state index contributed by atoms with van der Waals surface area (Å²) in [4.78, 5) is 55.0. The van der Waals surface area contributed by atoms with E-state index in [0.29, 0.717) is 50.8 Å². The lowest BCUT2D eigenvalue weighted by atomic mass is 10.1. The SMILES string of the molecule is CCCCNc1cc(C(=O)OCC(=O)OCC(=O)O[C@H](COc2nsnc2N2CCOCC2)CN(C(=O)COC(C)O)C(C)(C)C)cc(S(N)(=O)=O)c1Oc1ccccc1. The van der Waals surface area contributed by atoms with Gasteiger partial charge in [-0.05, 0) is 58.4 Å². The number of benzene rings is 2. The Morgan fingerprint density at radius 3 is 2.38 bits per heavy atom. The number of hydrogen-bond donors (Lipinski definition) is 3. The Hall–Kier alpha value is -5.13. The summed E-state index contributed by atoms with van der Waals surface area (Å²) in [6.07, 6.45) is -0.824. The minimum absolute atomic E-state index is 0.137. The van der Waals surface area contributed by atoms with E-state index < -0.39 is 76.5 Å². The summed E-state index contributed by atoms with van der Waals surface area (Å²) in [5.74, 6) is -2.93. The molecular formula is C38H52N6O14S2. The molecule has 4 N–H and O–H groups in total. The molecule has 2 aromatic carbocycles. The van der Waals surface area contributed by atoms with Crippen molar-refractivity contribution < 1.29 is 65.9 Å². The normalized spacial score (nSPS) is 14.1. The largest absolute Gasteiger partial charge is 0.470 e. The number of nitrogens with zero attached hydrogens (tertiary/aromatic N) is 4. The Labute approximate surface area is 352 Å². The van der Waals surface area contributed by atoms with Gasteiger partial charge in [0.15, 0.2) is 31.4 Å². The lowest BCUT2D eigenvalue weighted by Crippen LogP contribution is -2.52. The van der Waals surface area contributed by atoms with Crippen molar-refractivity contribution in [2.75, 3.05) is 76.0 Å². The van der Waals surface area contributed by atoms with E-state index in [0.717, 1.165) is 24.2 Å². The molecule has 0 aliphatic carbocycles. The number of primary sulfonamides is 1. The molecule has 1 saturated heterocycles. The summed E-state index contributed by atoms with van der Waals surface area (Å²) in [7, 11) is -4.45. The predicted octanol–water partition coefficient (Wildman–Crippen LogP) is 2.70. The molecule has 330 valence electrons. The van der Waals surface area contributed by atoms with Crippen LogP contribution in [0.3, 0.4) is 0 Å². The van der Waals surface area contributed by atoms with Crippen LogP contribution in [0.4, 0.5) is 11.5 Å². The van der Waals surface area contributed by atoms with Crippen molar-refractivity contribution in [3.05, 3.63) is 48.0 Å². The van der Waals surface area contributed by atoms with E-state index in [1.807, 2.05) is 11.8 Å². The lowest BCUT2D eigenvalue weighted by Gasteiger charge is -2.38. The fourth-order valence-corrected chi connectivity index (χ4v) is 6.76. The van der Waals surface area contributed by atoms with Crippen LogP contribution in [0.15, 0.2) is 47.4 Å². The number of sulfonamides is 1. The van der Waals surface area contributed by atoms with Crippen LogP contribution in [0.5, 0.6) is 17.4 Å². The third kappa shape index (κ3) is 14.9. The number of unbranched alkanes of at least 4 members (excludes halogenated alkanes) is 1. The number of rotatable bonds is 22. The van der Waals surface area contributed by atoms with Gasteiger partial charge in [0.2, 0.25) is 21.7 Å². The van der Waals surface area contributed by atoms with Crippen LogP contribution in [0.25, 0.3) is 0 Å². The number of aliphatic hydroxyl groups is 1. The number of ether oxygens (including phenoxy) is 7. The number of esters is 3. The Morgan fingerprint density at radius 1 is 1.03 bits per heavy atom. The number of hydrogen-bond acceptors (Lipinski definition) is 19. The number of aromatic nitrogens is 2. The van der Waals surface area contributed by atoms with E-state index in [9.17, 15) is 32.7 Å². The second kappa shape index (κ2) is 22.5. The molecule has 1 aliphatic rings. The maximum Gasteiger partial charge on any atom is 0.344 e. The highest BCUT2D eigenvalue weighted by atomic mass is 32.2. The number of carbonyl (C=O) groups is 4. The molecule has 60 heavy (non-hydrogen) atoms. The molecule has 4 rings (SSSR count). The molecule has 0 bridgehead atoms. The van der Waals surface area contributed by atoms with Crippen LogP contribution in [-0.4, -0.2) is 135 Å². The van der Waals surface area contributed by atoms with Crippen LogP contribution in [-0.2, 0) is 48.1 Å². The van der Waals surface area contributed by atoms with Gasteiger partial charge in [-0.25, -0.2) is 27.9 Å². The summed E-state index contributed by atoms with van der Waals surface area (Å²) < 4.78 is 72.2. The average molecular weight is 881 g/mol. The molecule has 0 radical (unpaired) electrons. The first-order valence-corrected chi connectivity index (χ1v) is 21.3. The molecule has 22 heteroatoms. The van der Waals surface area contributed by atoms with Gasteiger partial charge in [-0.2, -0.15) is 4.37 Å². The Balaban J connectivity index is 1.43. The summed E-state index contributed by atoms with van der Waals surface area (Å²) >= 11 is 0.927. The Morgan fingerprint density at radius 2 is 1.73 bits per heavy atom. The summed E-state index contributed by atoms with van der Waals surface area (Å²) in [6, 6.07) is 10.6. The molecule has 1 amide bonds. The molecule has 0 saturated carbocycles. The van der Waals surface area contributed by atoms with Gasteiger partial charge >= 0.3 is 17.9 Å². The smallest absolute Gasteiger partial charge is 0.344 e. The number of amides is 1. The molecule has 20 nitrogen and oxygen atoms in total. The molecule has 3 aromatic rings. The molecule has 1 aliphatic heterocycles. The predicted molar refractivity (Wildman–Crippen MR) is 216 cm³/mol. The van der Waals surface area contributed by atoms with E-state index in [1.54, 1.807) is 51.1 Å². The van der Waals surface area contributed by atoms with Crippen LogP contribution >= 0.6 is 11.7 Å². The highest BCUT2D eigenvalue weighted by Crippen LogP contribution is 2.37. The lowest BCUT2D eigenvalue weighted by molar-refractivity contribution is -0.168. The molecular weight excluding hydrogens is 829 g/mol. The fourth-order valence-electron chi connectivity index (χ4n) is 5.54. The Kier molecular flexibility index (Phi) is 17.8. The number of nitrogens with one attached hydrogen (secondary N) is 1. The van der Waals surface area contributed by atoms with E-state index in [2.05, 4.69) is 14.1 Å². The number of carbonyl (C=O) groups excluding carboxylic acids is 4. The van der Waals surface area contributed by atoms with Gasteiger partial charge in [0.1, 0.15) is 23.9 Å². The third-order valence-corrected chi connectivity index (χ3v) is 9.90. The Bertz CT molecular complexity index is 2000. The average Bonchev–Trinajstić information content (AvgIpc) is 3.68. The topological polar surface area (TPSA) is 258 Å². The van der Waals surface area contributed by atoms with Gasteiger partial charge in [-0.3, -0.25) is 4.79 Å². The van der Waals surface area contributed by atoms with Crippen molar-refractivity contribution in [2.24, 2.45) is 5.14 Å². The van der Waals surface area contributed by atoms with Gasteiger partial charge in [0.05, 0.1) is 42.7 Å². The quantitative estimate of drug-likeness (QED) is 0.0567. The first-order chi connectivity index (χ1) is 28.5. The van der Waals surface area contributed by atoms with E-state index >= 15 is 0 Å². The summed E-state index contributed by atoms with van der Waals surface area (Å²) in [5, 5.41) is 18.2. The first kappa shape index (κ1) is 47.5. The molecule has 2 heterocycles. The standard InChI is InChI=1S/C38H52N6O14S2/c1-6-7-13-40-29-18-26(19-30(60(39,50)51)34(29)58-27-11-9-8-10-12-27)37(49)56-23-32(47)54-24-33(48)57-28(20-44(38(3,4)5)31(46)22-53-25(2)45)21-55-36-35(41-59-42-36)43-14-16-52-17-15-43/h8-12,18-19,25,28,40,45H,6-7,13-17,20-24H2,1-5H3,(H2,39,50,51)/t25?,28-/m0/s1. The van der Waals surface area contributed by atoms with Crippen molar-refractivity contribution in [1.29, 1.82) is 0 Å². The maximum absolute atomic E-state index is 13.2. The van der Waals surface area contributed by atoms with E-state index in [4.69, 9.17) is 38.3 Å². The molecule has 1 aromatic heterocycles. The first-order valence-electron chi connectivity index (χ1n) is 19.0. The minimum Gasteiger partial charge on any atom is -0.470 e. The summed E-state index contributed by atoms with van der Waals surface area (Å²) in [6.45, 7) is 8.25. The number of morpholine rings is 1. The van der Waals surface area contributed by atoms with Gasteiger partial charge in [-0.1, -0.05) is 31.5 Å². The van der Waals surface area contributed by atoms with Crippen molar-refractivity contribution >= 4 is 57.1 Å². The molecule has 1 fully saturated rings. The molecule has 0 spiro atoms. The van der Waals surface area contributed by atoms with Crippen LogP contribution in [0.2, 0.25) is 0 Å². The second-order valence-corrected chi connectivity index (χ2v) is 16.4. The number of nitrogens with two attached hydrogens (primary N) is 1. The minimum atomic E-state index is -4.45. The van der Waals surface area contributed by atoms with E-state index in [1.165, 1.54) is 17.9 Å². The highest BCUT2D eigenvalue weighted by molar-refractivity contribution is 7.89. The second-order valence-electron chi connectivity index (χ2n) is 14.3. The van der Waals surface area contributed by atoms with Crippen LogP contribution in [0.1, 0.15) is 57.8 Å². The van der Waals surface area contributed by atoms with Crippen molar-refractivity contribution in [1.82, 2.24) is 13.6 Å². The number of para-hydroxylation sites is 1. The monoisotopic (exact) mass is 880 g/mol. The zero-order chi connectivity index (χ0) is 43.9. The number of aliphatic hydroxyl groups excluding tert-OH is 1. The van der Waals surface area contributed by atoms with Gasteiger partial charge < -0.3 is 53.4 Å². The zero-order valence-corrected chi connectivity index (χ0v) is 35.8. The fraction of sp³-hybridized carbons (Fsp3) is 0.526. The van der Waals surface area contributed by atoms with E-state index in [-0.39, 0.29) is 36.0 Å². The van der Waals surface area contributed by atoms with Gasteiger partial charge in [0, 0.05) is 25.2 Å².